The summed E-state index contributed by atoms with van der Waals surface area (Å²) in [6.45, 7) is 0. The fourth-order valence-electron chi connectivity index (χ4n) is 9.32. The third-order valence-electron chi connectivity index (χ3n) is 12.4. The van der Waals surface area contributed by atoms with Gasteiger partial charge in [-0.2, -0.15) is 0 Å². The Morgan fingerprint density at radius 2 is 0.507 bits per heavy atom. The van der Waals surface area contributed by atoms with Gasteiger partial charge in [-0.1, -0.05) is 72.8 Å². The Morgan fingerprint density at radius 1 is 0.246 bits per heavy atom. The van der Waals surface area contributed by atoms with E-state index in [9.17, 15) is 0 Å². The Morgan fingerprint density at radius 3 is 0.768 bits per heavy atom. The number of pyridine rings is 6. The lowest BCUT2D eigenvalue weighted by Crippen LogP contribution is -2.01. The monoisotopic (exact) mass is 888 g/mol. The molecule has 12 nitrogen and oxygen atoms in total. The van der Waals surface area contributed by atoms with Crippen LogP contribution in [0, 0.1) is 0 Å². The summed E-state index contributed by atoms with van der Waals surface area (Å²) < 4.78 is 6.56. The highest BCUT2D eigenvalue weighted by Gasteiger charge is 2.31. The standard InChI is InChI=1S/C57H36N12/c1-10-37(43-16-4-22-58-31-43)28-40(13-1)55-64-49-52(67(55)46-19-7-25-61-34-46)50-54(69(48-21-9-27-63-36-48)56(65-50)41-14-2-11-38(29-41)44-17-5-23-59-32-44)51-53(49)68(47-20-8-26-62-35-47)57(66-51)42-15-3-12-39(30-42)45-18-6-24-60-33-45/h1-36H. The fraction of sp³-hybridized carbons (Fsp3) is 0. The Hall–Kier alpha value is -9.81. The van der Waals surface area contributed by atoms with Gasteiger partial charge in [0, 0.05) is 89.2 Å². The summed E-state index contributed by atoms with van der Waals surface area (Å²) >= 11 is 0. The molecule has 13 aromatic rings. The topological polar surface area (TPSA) is 131 Å². The normalized spacial score (nSPS) is 11.5. The van der Waals surface area contributed by atoms with Crippen molar-refractivity contribution in [1.82, 2.24) is 58.6 Å². The molecule has 0 amide bonds. The van der Waals surface area contributed by atoms with Crippen LogP contribution in [0.15, 0.2) is 220 Å². The first kappa shape index (κ1) is 39.5. The largest absolute Gasteiger partial charge is 0.289 e. The average Bonchev–Trinajstić information content (AvgIpc) is 4.16. The summed E-state index contributed by atoms with van der Waals surface area (Å²) in [5.74, 6) is 2.10. The number of rotatable bonds is 9. The van der Waals surface area contributed by atoms with Crippen molar-refractivity contribution < 1.29 is 0 Å². The van der Waals surface area contributed by atoms with E-state index in [1.54, 1.807) is 37.2 Å². The third-order valence-corrected chi connectivity index (χ3v) is 12.4. The molecule has 69 heavy (non-hydrogen) atoms. The van der Waals surface area contributed by atoms with Crippen molar-refractivity contribution in [3.05, 3.63) is 220 Å². The zero-order valence-corrected chi connectivity index (χ0v) is 36.7. The van der Waals surface area contributed by atoms with Crippen molar-refractivity contribution in [2.45, 2.75) is 0 Å². The van der Waals surface area contributed by atoms with E-state index in [0.717, 1.165) is 83.7 Å². The van der Waals surface area contributed by atoms with Crippen molar-refractivity contribution in [2.75, 3.05) is 0 Å². The van der Waals surface area contributed by atoms with E-state index in [2.05, 4.69) is 153 Å². The lowest BCUT2D eigenvalue weighted by molar-refractivity contribution is 1.08. The molecule has 0 saturated carbocycles. The van der Waals surface area contributed by atoms with Crippen LogP contribution in [-0.2, 0) is 0 Å². The van der Waals surface area contributed by atoms with Gasteiger partial charge in [0.2, 0.25) is 0 Å². The molecule has 0 atom stereocenters. The van der Waals surface area contributed by atoms with Crippen LogP contribution in [0.25, 0.3) is 118 Å². The van der Waals surface area contributed by atoms with Gasteiger partial charge in [-0.15, -0.1) is 0 Å². The van der Waals surface area contributed by atoms with Crippen LogP contribution in [0.3, 0.4) is 0 Å². The molecule has 0 aliphatic carbocycles. The molecule has 0 spiro atoms. The molecule has 13 rings (SSSR count). The van der Waals surface area contributed by atoms with Gasteiger partial charge in [-0.25, -0.2) is 15.0 Å². The number of nitrogens with zero attached hydrogens (tertiary/aromatic N) is 12. The summed E-state index contributed by atoms with van der Waals surface area (Å²) in [7, 11) is 0. The van der Waals surface area contributed by atoms with Gasteiger partial charge < -0.3 is 0 Å². The molecule has 0 bridgehead atoms. The number of fused-ring (bicyclic) bond motifs is 6. The SMILES string of the molecule is c1cncc(-c2cccc(-c3nc4c(c5nc(-c6cccc(-c7cccnc7)c6)n(-c6cccnc6)c5c5nc(-c6cccc(-c7cccnc7)c6)n(-c6cccnc6)c45)n3-c3cccnc3)c2)c1. The minimum atomic E-state index is 0.695. The van der Waals surface area contributed by atoms with Gasteiger partial charge in [-0.3, -0.25) is 43.6 Å². The second-order valence-electron chi connectivity index (χ2n) is 16.5. The Labute approximate surface area is 394 Å². The summed E-state index contributed by atoms with van der Waals surface area (Å²) in [6.07, 6.45) is 22.0. The minimum absolute atomic E-state index is 0.695. The van der Waals surface area contributed by atoms with Crippen molar-refractivity contribution in [2.24, 2.45) is 0 Å². The molecule has 324 valence electrons. The average molecular weight is 889 g/mol. The first-order valence-corrected chi connectivity index (χ1v) is 22.4. The molecule has 0 N–H and O–H groups in total. The van der Waals surface area contributed by atoms with Crippen molar-refractivity contribution in [3.63, 3.8) is 0 Å². The molecule has 0 aliphatic rings. The van der Waals surface area contributed by atoms with E-state index in [1.165, 1.54) is 0 Å². The first-order valence-electron chi connectivity index (χ1n) is 22.4. The summed E-state index contributed by atoms with van der Waals surface area (Å²) in [6, 6.07) is 49.3. The summed E-state index contributed by atoms with van der Waals surface area (Å²) in [4.78, 5) is 44.5. The molecule has 0 saturated heterocycles. The lowest BCUT2D eigenvalue weighted by atomic mass is 10.0. The molecule has 9 aromatic heterocycles. The van der Waals surface area contributed by atoms with Gasteiger partial charge in [0.05, 0.1) is 35.7 Å². The molecular formula is C57H36N12. The van der Waals surface area contributed by atoms with Crippen LogP contribution in [0.1, 0.15) is 0 Å². The van der Waals surface area contributed by atoms with E-state index in [0.29, 0.717) is 34.0 Å². The predicted molar refractivity (Wildman–Crippen MR) is 270 cm³/mol. The number of benzene rings is 4. The van der Waals surface area contributed by atoms with Crippen LogP contribution < -0.4 is 0 Å². The van der Waals surface area contributed by atoms with Gasteiger partial charge in [0.25, 0.3) is 0 Å². The van der Waals surface area contributed by atoms with Crippen molar-refractivity contribution >= 4 is 33.1 Å². The maximum atomic E-state index is 5.73. The minimum Gasteiger partial charge on any atom is -0.289 e. The maximum Gasteiger partial charge on any atom is 0.145 e. The summed E-state index contributed by atoms with van der Waals surface area (Å²) in [5.41, 5.74) is 15.6. The number of imidazole rings is 3. The zero-order valence-electron chi connectivity index (χ0n) is 36.7. The van der Waals surface area contributed by atoms with E-state index in [-0.39, 0.29) is 0 Å². The molecule has 0 unspecified atom stereocenters. The highest BCUT2D eigenvalue weighted by atomic mass is 15.2. The smallest absolute Gasteiger partial charge is 0.145 e. The number of aromatic nitrogens is 12. The molecule has 0 radical (unpaired) electrons. The number of hydrogen-bond donors (Lipinski definition) is 0. The predicted octanol–water partition coefficient (Wildman–Crippen LogP) is 12.1. The van der Waals surface area contributed by atoms with E-state index in [4.69, 9.17) is 15.0 Å². The molecule has 0 fully saturated rings. The van der Waals surface area contributed by atoms with Crippen LogP contribution in [0.5, 0.6) is 0 Å². The molecule has 9 heterocycles. The fourth-order valence-corrected chi connectivity index (χ4v) is 9.32. The first-order chi connectivity index (χ1) is 34.2. The molecule has 4 aromatic carbocycles. The molecular weight excluding hydrogens is 853 g/mol. The highest BCUT2D eigenvalue weighted by molar-refractivity contribution is 6.22. The number of hydrogen-bond acceptors (Lipinski definition) is 9. The lowest BCUT2D eigenvalue weighted by Gasteiger charge is -2.12. The maximum absolute atomic E-state index is 5.73. The van der Waals surface area contributed by atoms with Gasteiger partial charge in [0.15, 0.2) is 0 Å². The van der Waals surface area contributed by atoms with Crippen LogP contribution in [0.2, 0.25) is 0 Å². The van der Waals surface area contributed by atoms with Gasteiger partial charge >= 0.3 is 0 Å². The van der Waals surface area contributed by atoms with Crippen LogP contribution >= 0.6 is 0 Å². The van der Waals surface area contributed by atoms with Crippen molar-refractivity contribution in [3.8, 4) is 84.6 Å². The zero-order chi connectivity index (χ0) is 45.7. The van der Waals surface area contributed by atoms with E-state index < -0.39 is 0 Å². The van der Waals surface area contributed by atoms with Crippen molar-refractivity contribution in [1.29, 1.82) is 0 Å². The van der Waals surface area contributed by atoms with Crippen LogP contribution in [-0.4, -0.2) is 58.6 Å². The Bertz CT molecular complexity index is 3540. The van der Waals surface area contributed by atoms with Crippen LogP contribution in [0.4, 0.5) is 0 Å². The van der Waals surface area contributed by atoms with E-state index in [1.807, 2.05) is 73.6 Å². The second kappa shape index (κ2) is 16.6. The van der Waals surface area contributed by atoms with Gasteiger partial charge in [0.1, 0.15) is 50.6 Å². The Balaban J connectivity index is 1.22. The third kappa shape index (κ3) is 6.82. The van der Waals surface area contributed by atoms with Gasteiger partial charge in [-0.05, 0) is 89.5 Å². The summed E-state index contributed by atoms with van der Waals surface area (Å²) in [5, 5.41) is 0. The second-order valence-corrected chi connectivity index (χ2v) is 16.5. The molecule has 0 aliphatic heterocycles. The molecule has 12 heteroatoms. The van der Waals surface area contributed by atoms with E-state index >= 15 is 0 Å². The quantitative estimate of drug-likeness (QED) is 0.139. The Kier molecular flexibility index (Phi) is 9.49. The highest BCUT2D eigenvalue weighted by Crippen LogP contribution is 2.45.